The van der Waals surface area contributed by atoms with Gasteiger partial charge in [0.15, 0.2) is 0 Å². The molecule has 7 heteroatoms. The molecule has 0 bridgehead atoms. The summed E-state index contributed by atoms with van der Waals surface area (Å²) >= 11 is 1.18. The molecule has 0 saturated carbocycles. The van der Waals surface area contributed by atoms with Crippen LogP contribution in [0.15, 0.2) is 24.3 Å². The van der Waals surface area contributed by atoms with E-state index in [1.807, 2.05) is 6.92 Å². The average Bonchev–Trinajstić information content (AvgIpc) is 2.93. The minimum Gasteiger partial charge on any atom is -0.360 e. The fourth-order valence-corrected chi connectivity index (χ4v) is 2.20. The van der Waals surface area contributed by atoms with E-state index in [0.29, 0.717) is 10.7 Å². The number of benzene rings is 1. The Kier molecular flexibility index (Phi) is 5.00. The Morgan fingerprint density at radius 3 is 2.90 bits per heavy atom. The highest BCUT2D eigenvalue weighted by molar-refractivity contribution is 7.17. The van der Waals surface area contributed by atoms with E-state index in [1.165, 1.54) is 17.4 Å². The van der Waals surface area contributed by atoms with Crippen LogP contribution in [0.25, 0.3) is 0 Å². The van der Waals surface area contributed by atoms with Crippen LogP contribution in [0.4, 0.5) is 9.52 Å². The molecule has 0 atom stereocenters. The van der Waals surface area contributed by atoms with Gasteiger partial charge >= 0.3 is 0 Å². The summed E-state index contributed by atoms with van der Waals surface area (Å²) in [5.41, 5.74) is 0.440. The minimum absolute atomic E-state index is 0.128. The van der Waals surface area contributed by atoms with Crippen molar-refractivity contribution in [1.29, 1.82) is 0 Å². The van der Waals surface area contributed by atoms with Gasteiger partial charge in [0.25, 0.3) is 5.91 Å². The number of rotatable bonds is 6. The average molecular weight is 294 g/mol. The number of hydrogen-bond acceptors (Lipinski definition) is 5. The topological polar surface area (TPSA) is 66.9 Å². The number of hydrogen-bond donors (Lipinski definition) is 2. The van der Waals surface area contributed by atoms with Gasteiger partial charge in [-0.15, -0.1) is 10.2 Å². The number of nitrogens with one attached hydrogen (secondary N) is 2. The lowest BCUT2D eigenvalue weighted by Crippen LogP contribution is -2.23. The highest BCUT2D eigenvalue weighted by Gasteiger charge is 2.12. The molecule has 0 spiro atoms. The summed E-state index contributed by atoms with van der Waals surface area (Å²) in [5.74, 6) is -0.689. The quantitative estimate of drug-likeness (QED) is 0.858. The van der Waals surface area contributed by atoms with Crippen molar-refractivity contribution in [3.63, 3.8) is 0 Å². The van der Waals surface area contributed by atoms with E-state index in [1.54, 1.807) is 18.2 Å². The van der Waals surface area contributed by atoms with E-state index >= 15 is 0 Å². The first kappa shape index (κ1) is 14.4. The molecular formula is C13H15FN4OS. The second kappa shape index (κ2) is 6.95. The van der Waals surface area contributed by atoms with Crippen LogP contribution in [0.3, 0.4) is 0 Å². The zero-order valence-electron chi connectivity index (χ0n) is 11.0. The standard InChI is InChI=1S/C13H15FN4OS/c1-2-7-15-13-18-17-12(20-13)11(19)16-8-9-5-3-4-6-10(9)14/h3-6H,2,7-8H2,1H3,(H,15,18)(H,16,19). The van der Waals surface area contributed by atoms with Gasteiger partial charge in [-0.05, 0) is 12.5 Å². The molecule has 0 unspecified atom stereocenters. The second-order valence-electron chi connectivity index (χ2n) is 4.11. The van der Waals surface area contributed by atoms with E-state index in [4.69, 9.17) is 0 Å². The lowest BCUT2D eigenvalue weighted by atomic mass is 10.2. The second-order valence-corrected chi connectivity index (χ2v) is 5.09. The van der Waals surface area contributed by atoms with Crippen LogP contribution in [0.5, 0.6) is 0 Å². The highest BCUT2D eigenvalue weighted by Crippen LogP contribution is 2.15. The molecule has 2 aromatic rings. The Balaban J connectivity index is 1.92. The summed E-state index contributed by atoms with van der Waals surface area (Å²) in [6.45, 7) is 2.95. The van der Waals surface area contributed by atoms with E-state index in [0.717, 1.165) is 13.0 Å². The predicted octanol–water partition coefficient (Wildman–Crippen LogP) is 2.43. The molecule has 0 aliphatic heterocycles. The van der Waals surface area contributed by atoms with Gasteiger partial charge in [-0.3, -0.25) is 4.79 Å². The zero-order chi connectivity index (χ0) is 14.4. The summed E-state index contributed by atoms with van der Waals surface area (Å²) in [4.78, 5) is 11.9. The molecule has 0 saturated heterocycles. The summed E-state index contributed by atoms with van der Waals surface area (Å²) in [5, 5.41) is 14.2. The van der Waals surface area contributed by atoms with Crippen LogP contribution in [0, 0.1) is 5.82 Å². The van der Waals surface area contributed by atoms with Crippen LogP contribution in [0.1, 0.15) is 28.7 Å². The van der Waals surface area contributed by atoms with E-state index in [9.17, 15) is 9.18 Å². The van der Waals surface area contributed by atoms with Crippen molar-refractivity contribution in [2.75, 3.05) is 11.9 Å². The van der Waals surface area contributed by atoms with Gasteiger partial charge in [0.2, 0.25) is 10.1 Å². The molecule has 2 rings (SSSR count). The number of carbonyl (C=O) groups excluding carboxylic acids is 1. The number of aromatic nitrogens is 2. The molecule has 0 aliphatic rings. The van der Waals surface area contributed by atoms with Crippen LogP contribution >= 0.6 is 11.3 Å². The van der Waals surface area contributed by atoms with Crippen molar-refractivity contribution in [2.24, 2.45) is 0 Å². The summed E-state index contributed by atoms with van der Waals surface area (Å²) in [7, 11) is 0. The van der Waals surface area contributed by atoms with Gasteiger partial charge in [-0.1, -0.05) is 36.5 Å². The molecule has 2 N–H and O–H groups in total. The van der Waals surface area contributed by atoms with Gasteiger partial charge in [-0.2, -0.15) is 0 Å². The molecule has 0 radical (unpaired) electrons. The number of carbonyl (C=O) groups is 1. The first-order chi connectivity index (χ1) is 9.70. The Hall–Kier alpha value is -2.02. The largest absolute Gasteiger partial charge is 0.360 e. The number of anilines is 1. The summed E-state index contributed by atoms with van der Waals surface area (Å²) in [6, 6.07) is 6.32. The zero-order valence-corrected chi connectivity index (χ0v) is 11.8. The molecule has 1 amide bonds. The third kappa shape index (κ3) is 3.74. The van der Waals surface area contributed by atoms with E-state index in [2.05, 4.69) is 20.8 Å². The third-order valence-corrected chi connectivity index (χ3v) is 3.42. The monoisotopic (exact) mass is 294 g/mol. The van der Waals surface area contributed by atoms with Gasteiger partial charge in [0.1, 0.15) is 5.82 Å². The smallest absolute Gasteiger partial charge is 0.282 e. The Morgan fingerprint density at radius 2 is 2.15 bits per heavy atom. The molecule has 0 fully saturated rings. The maximum atomic E-state index is 13.4. The molecule has 1 aromatic heterocycles. The lowest BCUT2D eigenvalue weighted by Gasteiger charge is -2.03. The minimum atomic E-state index is -0.352. The Morgan fingerprint density at radius 1 is 1.35 bits per heavy atom. The van der Waals surface area contributed by atoms with Gasteiger partial charge < -0.3 is 10.6 Å². The van der Waals surface area contributed by atoms with Crippen LogP contribution in [-0.4, -0.2) is 22.6 Å². The number of halogens is 1. The van der Waals surface area contributed by atoms with Crippen molar-refractivity contribution >= 4 is 22.4 Å². The third-order valence-electron chi connectivity index (χ3n) is 2.54. The molecule has 106 valence electrons. The molecule has 5 nitrogen and oxygen atoms in total. The molecular weight excluding hydrogens is 279 g/mol. The van der Waals surface area contributed by atoms with Gasteiger partial charge in [0, 0.05) is 18.7 Å². The van der Waals surface area contributed by atoms with E-state index < -0.39 is 0 Å². The molecule has 1 aromatic carbocycles. The van der Waals surface area contributed by atoms with Crippen molar-refractivity contribution in [3.8, 4) is 0 Å². The maximum absolute atomic E-state index is 13.4. The first-order valence-electron chi connectivity index (χ1n) is 6.29. The Labute approximate surface area is 120 Å². The van der Waals surface area contributed by atoms with Crippen LogP contribution in [-0.2, 0) is 6.54 Å². The van der Waals surface area contributed by atoms with Crippen LogP contribution in [0.2, 0.25) is 0 Å². The van der Waals surface area contributed by atoms with Crippen molar-refractivity contribution in [1.82, 2.24) is 15.5 Å². The van der Waals surface area contributed by atoms with Crippen LogP contribution < -0.4 is 10.6 Å². The SMILES string of the molecule is CCCNc1nnc(C(=O)NCc2ccccc2F)s1. The number of amides is 1. The fraction of sp³-hybridized carbons (Fsp3) is 0.308. The lowest BCUT2D eigenvalue weighted by molar-refractivity contribution is 0.0949. The predicted molar refractivity (Wildman–Crippen MR) is 76.3 cm³/mol. The van der Waals surface area contributed by atoms with E-state index in [-0.39, 0.29) is 23.3 Å². The van der Waals surface area contributed by atoms with Gasteiger partial charge in [0.05, 0.1) is 0 Å². The van der Waals surface area contributed by atoms with Gasteiger partial charge in [-0.25, -0.2) is 4.39 Å². The molecule has 1 heterocycles. The first-order valence-corrected chi connectivity index (χ1v) is 7.11. The fourth-order valence-electron chi connectivity index (χ4n) is 1.51. The Bertz CT molecular complexity index is 587. The molecule has 0 aliphatic carbocycles. The summed E-state index contributed by atoms with van der Waals surface area (Å²) in [6.07, 6.45) is 0.967. The maximum Gasteiger partial charge on any atom is 0.282 e. The van der Waals surface area contributed by atoms with Crippen molar-refractivity contribution in [3.05, 3.63) is 40.7 Å². The molecule has 20 heavy (non-hydrogen) atoms. The number of nitrogens with zero attached hydrogens (tertiary/aromatic N) is 2. The highest BCUT2D eigenvalue weighted by atomic mass is 32.1. The van der Waals surface area contributed by atoms with Crippen molar-refractivity contribution < 1.29 is 9.18 Å². The normalized spacial score (nSPS) is 10.3. The van der Waals surface area contributed by atoms with Crippen molar-refractivity contribution in [2.45, 2.75) is 19.9 Å². The summed E-state index contributed by atoms with van der Waals surface area (Å²) < 4.78 is 13.4.